The lowest BCUT2D eigenvalue weighted by atomic mass is 10.2. The second kappa shape index (κ2) is 7.64. The third kappa shape index (κ3) is 4.34. The monoisotopic (exact) mass is 327 g/mol. The van der Waals surface area contributed by atoms with Crippen LogP contribution >= 0.6 is 23.2 Å². The zero-order valence-electron chi connectivity index (χ0n) is 11.6. The maximum Gasteiger partial charge on any atom is 0.125 e. The van der Waals surface area contributed by atoms with E-state index in [1.165, 1.54) is 18.2 Å². The molecule has 0 fully saturated rings. The van der Waals surface area contributed by atoms with Crippen LogP contribution < -0.4 is 10.1 Å². The van der Waals surface area contributed by atoms with E-state index < -0.39 is 0 Å². The van der Waals surface area contributed by atoms with E-state index >= 15 is 0 Å². The third-order valence-corrected chi connectivity index (χ3v) is 3.74. The van der Waals surface area contributed by atoms with E-state index in [0.717, 1.165) is 12.1 Å². The lowest BCUT2D eigenvalue weighted by Gasteiger charge is -2.14. The van der Waals surface area contributed by atoms with Gasteiger partial charge in [0.2, 0.25) is 0 Å². The van der Waals surface area contributed by atoms with E-state index in [1.54, 1.807) is 0 Å². The Hall–Kier alpha value is -1.29. The second-order valence-corrected chi connectivity index (χ2v) is 5.34. The van der Waals surface area contributed by atoms with Gasteiger partial charge in [-0.1, -0.05) is 36.2 Å². The molecule has 0 aliphatic rings. The summed E-state index contributed by atoms with van der Waals surface area (Å²) in [6.45, 7) is 3.66. The van der Waals surface area contributed by atoms with Gasteiger partial charge in [-0.3, -0.25) is 0 Å². The Morgan fingerprint density at radius 1 is 1.14 bits per heavy atom. The zero-order chi connectivity index (χ0) is 15.2. The Balaban J connectivity index is 2.16. The van der Waals surface area contributed by atoms with Gasteiger partial charge in [0.05, 0.1) is 0 Å². The van der Waals surface area contributed by atoms with E-state index in [9.17, 15) is 4.39 Å². The quantitative estimate of drug-likeness (QED) is 0.821. The first-order chi connectivity index (χ1) is 10.1. The summed E-state index contributed by atoms with van der Waals surface area (Å²) < 4.78 is 19.0. The highest BCUT2D eigenvalue weighted by Gasteiger charge is 2.09. The fraction of sp³-hybridized carbons (Fsp3) is 0.250. The van der Waals surface area contributed by atoms with E-state index in [-0.39, 0.29) is 12.4 Å². The summed E-state index contributed by atoms with van der Waals surface area (Å²) in [7, 11) is 0. The molecular weight excluding hydrogens is 312 g/mol. The van der Waals surface area contributed by atoms with E-state index in [0.29, 0.717) is 27.9 Å². The van der Waals surface area contributed by atoms with E-state index in [2.05, 4.69) is 5.32 Å². The largest absolute Gasteiger partial charge is 0.488 e. The van der Waals surface area contributed by atoms with Crippen LogP contribution in [0.5, 0.6) is 5.75 Å². The molecule has 0 atom stereocenters. The average molecular weight is 328 g/mol. The molecule has 112 valence electrons. The van der Waals surface area contributed by atoms with Gasteiger partial charge in [0.25, 0.3) is 0 Å². The highest BCUT2D eigenvalue weighted by molar-refractivity contribution is 6.31. The van der Waals surface area contributed by atoms with Gasteiger partial charge in [-0.05, 0) is 36.9 Å². The van der Waals surface area contributed by atoms with Gasteiger partial charge in [0.1, 0.15) is 18.2 Å². The lowest BCUT2D eigenvalue weighted by molar-refractivity contribution is 0.301. The van der Waals surface area contributed by atoms with Crippen LogP contribution in [-0.4, -0.2) is 6.54 Å². The fourth-order valence-electron chi connectivity index (χ4n) is 1.91. The fourth-order valence-corrected chi connectivity index (χ4v) is 2.31. The topological polar surface area (TPSA) is 21.3 Å². The minimum absolute atomic E-state index is 0.191. The molecule has 0 bridgehead atoms. The zero-order valence-corrected chi connectivity index (χ0v) is 13.1. The summed E-state index contributed by atoms with van der Waals surface area (Å²) in [5.41, 5.74) is 1.49. The number of halogens is 3. The van der Waals surface area contributed by atoms with Gasteiger partial charge in [-0.25, -0.2) is 4.39 Å². The molecule has 0 amide bonds. The van der Waals surface area contributed by atoms with Crippen LogP contribution in [-0.2, 0) is 13.2 Å². The van der Waals surface area contributed by atoms with Crippen molar-refractivity contribution in [3.05, 3.63) is 63.4 Å². The molecule has 2 aromatic rings. The van der Waals surface area contributed by atoms with Gasteiger partial charge < -0.3 is 10.1 Å². The molecule has 0 heterocycles. The average Bonchev–Trinajstić information content (AvgIpc) is 2.47. The number of nitrogens with one attached hydrogen (secondary N) is 1. The van der Waals surface area contributed by atoms with E-state index in [1.807, 2.05) is 25.1 Å². The molecule has 0 unspecified atom stereocenters. The molecule has 0 saturated heterocycles. The minimum Gasteiger partial charge on any atom is -0.488 e. The van der Waals surface area contributed by atoms with Crippen LogP contribution in [0.4, 0.5) is 4.39 Å². The van der Waals surface area contributed by atoms with Crippen LogP contribution in [0.1, 0.15) is 18.1 Å². The molecule has 5 heteroatoms. The standard InChI is InChI=1S/C16H16Cl2FNO/c1-2-20-9-13-15(18)4-3-5-16(13)21-10-11-8-12(19)6-7-14(11)17/h3-8,20H,2,9-10H2,1H3. The Morgan fingerprint density at radius 3 is 2.71 bits per heavy atom. The van der Waals surface area contributed by atoms with Gasteiger partial charge >= 0.3 is 0 Å². The molecule has 2 nitrogen and oxygen atoms in total. The summed E-state index contributed by atoms with van der Waals surface area (Å²) in [5, 5.41) is 4.33. The Morgan fingerprint density at radius 2 is 1.95 bits per heavy atom. The predicted molar refractivity (Wildman–Crippen MR) is 84.6 cm³/mol. The first kappa shape index (κ1) is 16.1. The molecule has 0 aliphatic heterocycles. The van der Waals surface area contributed by atoms with E-state index in [4.69, 9.17) is 27.9 Å². The van der Waals surface area contributed by atoms with Crippen LogP contribution in [0.3, 0.4) is 0 Å². The third-order valence-electron chi connectivity index (χ3n) is 3.02. The van der Waals surface area contributed by atoms with Crippen molar-refractivity contribution in [2.75, 3.05) is 6.54 Å². The molecule has 0 spiro atoms. The first-order valence-corrected chi connectivity index (χ1v) is 7.42. The molecule has 2 aromatic carbocycles. The van der Waals surface area contributed by atoms with Crippen LogP contribution in [0, 0.1) is 5.82 Å². The van der Waals surface area contributed by atoms with Gasteiger partial charge in [0.15, 0.2) is 0 Å². The van der Waals surface area contributed by atoms with Crippen molar-refractivity contribution in [3.8, 4) is 5.75 Å². The maximum absolute atomic E-state index is 13.2. The predicted octanol–water partition coefficient (Wildman–Crippen LogP) is 4.82. The van der Waals surface area contributed by atoms with Gasteiger partial charge in [0, 0.05) is 27.7 Å². The lowest BCUT2D eigenvalue weighted by Crippen LogP contribution is -2.13. The summed E-state index contributed by atoms with van der Waals surface area (Å²) in [6.07, 6.45) is 0. The number of ether oxygens (including phenoxy) is 1. The van der Waals surface area contributed by atoms with Gasteiger partial charge in [-0.2, -0.15) is 0 Å². The van der Waals surface area contributed by atoms with Crippen molar-refractivity contribution in [2.24, 2.45) is 0 Å². The number of hydrogen-bond donors (Lipinski definition) is 1. The molecule has 1 N–H and O–H groups in total. The van der Waals surface area contributed by atoms with Crippen molar-refractivity contribution in [3.63, 3.8) is 0 Å². The van der Waals surface area contributed by atoms with Crippen molar-refractivity contribution >= 4 is 23.2 Å². The molecule has 21 heavy (non-hydrogen) atoms. The summed E-state index contributed by atoms with van der Waals surface area (Å²) in [6, 6.07) is 9.69. The molecule has 0 radical (unpaired) electrons. The normalized spacial score (nSPS) is 10.7. The Kier molecular flexibility index (Phi) is 5.85. The highest BCUT2D eigenvalue weighted by atomic mass is 35.5. The summed E-state index contributed by atoms with van der Waals surface area (Å²) in [4.78, 5) is 0. The Bertz CT molecular complexity index is 619. The van der Waals surface area contributed by atoms with Crippen LogP contribution in [0.15, 0.2) is 36.4 Å². The van der Waals surface area contributed by atoms with Crippen molar-refractivity contribution in [2.45, 2.75) is 20.1 Å². The van der Waals surface area contributed by atoms with Crippen LogP contribution in [0.2, 0.25) is 10.0 Å². The molecule has 0 aromatic heterocycles. The highest BCUT2D eigenvalue weighted by Crippen LogP contribution is 2.28. The summed E-state index contributed by atoms with van der Waals surface area (Å²) >= 11 is 12.2. The van der Waals surface area contributed by atoms with Crippen molar-refractivity contribution in [1.29, 1.82) is 0 Å². The first-order valence-electron chi connectivity index (χ1n) is 6.66. The number of benzene rings is 2. The van der Waals surface area contributed by atoms with Crippen molar-refractivity contribution in [1.82, 2.24) is 5.32 Å². The SMILES string of the molecule is CCNCc1c(Cl)cccc1OCc1cc(F)ccc1Cl. The molecule has 0 aliphatic carbocycles. The maximum atomic E-state index is 13.2. The summed E-state index contributed by atoms with van der Waals surface area (Å²) in [5.74, 6) is 0.334. The van der Waals surface area contributed by atoms with Crippen molar-refractivity contribution < 1.29 is 9.13 Å². The smallest absolute Gasteiger partial charge is 0.125 e. The van der Waals surface area contributed by atoms with Crippen LogP contribution in [0.25, 0.3) is 0 Å². The molecule has 2 rings (SSSR count). The van der Waals surface area contributed by atoms with Gasteiger partial charge in [-0.15, -0.1) is 0 Å². The minimum atomic E-state index is -0.336. The molecular formula is C16H16Cl2FNO. The second-order valence-electron chi connectivity index (χ2n) is 4.52. The molecule has 0 saturated carbocycles. The Labute approximate surface area is 133 Å². The number of rotatable bonds is 6. The number of hydrogen-bond acceptors (Lipinski definition) is 2.